The molecule has 3 rings (SSSR count). The number of morpholine rings is 1. The number of benzene rings is 1. The Hall–Kier alpha value is -0.950. The summed E-state index contributed by atoms with van der Waals surface area (Å²) in [6, 6.07) is 8.43. The monoisotopic (exact) mass is 410 g/mol. The lowest BCUT2D eigenvalue weighted by molar-refractivity contribution is -0.138. The first-order valence-electron chi connectivity index (χ1n) is 9.08. The second-order valence-corrected chi connectivity index (χ2v) is 7.79. The molecule has 1 amide bonds. The lowest BCUT2D eigenvalue weighted by Crippen LogP contribution is -2.52. The minimum absolute atomic E-state index is 0.00104. The maximum atomic E-state index is 12.6. The van der Waals surface area contributed by atoms with Crippen LogP contribution in [0.2, 0.25) is 0 Å². The van der Waals surface area contributed by atoms with Crippen molar-refractivity contribution < 1.29 is 14.3 Å². The molecule has 2 saturated heterocycles. The third-order valence-corrected chi connectivity index (χ3v) is 5.93. The largest absolute Gasteiger partial charge is 0.381 e. The molecule has 25 heavy (non-hydrogen) atoms. The van der Waals surface area contributed by atoms with Gasteiger partial charge in [0.1, 0.15) is 6.10 Å². The minimum atomic E-state index is -0.365. The molecule has 6 heteroatoms. The zero-order chi connectivity index (χ0) is 17.7. The maximum absolute atomic E-state index is 12.6. The topological polar surface area (TPSA) is 50.8 Å². The normalized spacial score (nSPS) is 24.0. The van der Waals surface area contributed by atoms with E-state index in [0.717, 1.165) is 43.6 Å². The summed E-state index contributed by atoms with van der Waals surface area (Å²) in [6.07, 6.45) is 1.47. The molecule has 0 saturated carbocycles. The van der Waals surface area contributed by atoms with Crippen molar-refractivity contribution in [1.82, 2.24) is 10.2 Å². The zero-order valence-electron chi connectivity index (χ0n) is 14.8. The van der Waals surface area contributed by atoms with Gasteiger partial charge in [0.25, 0.3) is 5.91 Å². The number of carbonyl (C=O) groups is 1. The van der Waals surface area contributed by atoms with Crippen LogP contribution in [0.4, 0.5) is 0 Å². The van der Waals surface area contributed by atoms with Crippen LogP contribution in [0.25, 0.3) is 0 Å². The average Bonchev–Trinajstić information content (AvgIpc) is 2.67. The number of hydrogen-bond donors (Lipinski definition) is 1. The Kier molecular flexibility index (Phi) is 6.49. The van der Waals surface area contributed by atoms with Gasteiger partial charge in [-0.15, -0.1) is 0 Å². The Bertz CT molecular complexity index is 573. The molecule has 1 N–H and O–H groups in total. The highest BCUT2D eigenvalue weighted by molar-refractivity contribution is 9.10. The fourth-order valence-electron chi connectivity index (χ4n) is 3.65. The summed E-state index contributed by atoms with van der Waals surface area (Å²) >= 11 is 3.50. The molecule has 0 spiro atoms. The van der Waals surface area contributed by atoms with E-state index in [-0.39, 0.29) is 17.4 Å². The van der Waals surface area contributed by atoms with Crippen molar-refractivity contribution in [2.75, 3.05) is 46.0 Å². The van der Waals surface area contributed by atoms with E-state index in [1.165, 1.54) is 5.56 Å². The van der Waals surface area contributed by atoms with Gasteiger partial charge in [-0.05, 0) is 37.1 Å². The van der Waals surface area contributed by atoms with Gasteiger partial charge in [-0.1, -0.05) is 35.0 Å². The molecule has 0 aromatic heterocycles. The molecule has 1 unspecified atom stereocenters. The number of nitrogens with zero attached hydrogens (tertiary/aromatic N) is 1. The van der Waals surface area contributed by atoms with Gasteiger partial charge in [-0.3, -0.25) is 9.69 Å². The van der Waals surface area contributed by atoms with E-state index in [9.17, 15) is 4.79 Å². The SMILES string of the molecule is CCN1CCOC(C(=O)NCC2(c3ccc(Br)cc3)CCOCC2)C1. The molecule has 2 heterocycles. The van der Waals surface area contributed by atoms with E-state index in [1.807, 2.05) is 0 Å². The highest BCUT2D eigenvalue weighted by Crippen LogP contribution is 2.35. The molecule has 0 bridgehead atoms. The van der Waals surface area contributed by atoms with Gasteiger partial charge in [-0.25, -0.2) is 0 Å². The fraction of sp³-hybridized carbons (Fsp3) is 0.632. The third kappa shape index (κ3) is 4.61. The van der Waals surface area contributed by atoms with Crippen LogP contribution < -0.4 is 5.32 Å². The summed E-state index contributed by atoms with van der Waals surface area (Å²) in [5.41, 5.74) is 1.20. The molecule has 1 atom stereocenters. The van der Waals surface area contributed by atoms with Gasteiger partial charge in [-0.2, -0.15) is 0 Å². The molecule has 2 aliphatic heterocycles. The van der Waals surface area contributed by atoms with Crippen molar-refractivity contribution in [2.45, 2.75) is 31.3 Å². The summed E-state index contributed by atoms with van der Waals surface area (Å²) < 4.78 is 12.3. The Morgan fingerprint density at radius 2 is 2.00 bits per heavy atom. The van der Waals surface area contributed by atoms with Crippen molar-refractivity contribution in [3.8, 4) is 0 Å². The lowest BCUT2D eigenvalue weighted by Gasteiger charge is -2.39. The first-order valence-corrected chi connectivity index (χ1v) is 9.88. The second kappa shape index (κ2) is 8.62. The van der Waals surface area contributed by atoms with Crippen LogP contribution in [-0.4, -0.2) is 62.9 Å². The Labute approximate surface area is 158 Å². The van der Waals surface area contributed by atoms with Gasteiger partial charge >= 0.3 is 0 Å². The Balaban J connectivity index is 1.66. The first-order chi connectivity index (χ1) is 12.1. The van der Waals surface area contributed by atoms with E-state index in [0.29, 0.717) is 19.7 Å². The zero-order valence-corrected chi connectivity index (χ0v) is 16.4. The van der Waals surface area contributed by atoms with Crippen molar-refractivity contribution in [3.05, 3.63) is 34.3 Å². The van der Waals surface area contributed by atoms with Crippen molar-refractivity contribution >= 4 is 21.8 Å². The second-order valence-electron chi connectivity index (χ2n) is 6.87. The minimum Gasteiger partial charge on any atom is -0.381 e. The number of nitrogens with one attached hydrogen (secondary N) is 1. The van der Waals surface area contributed by atoms with E-state index < -0.39 is 0 Å². The molecular formula is C19H27BrN2O3. The molecular weight excluding hydrogens is 384 g/mol. The van der Waals surface area contributed by atoms with Crippen LogP contribution in [0.5, 0.6) is 0 Å². The number of likely N-dealkylation sites (N-methyl/N-ethyl adjacent to an activating group) is 1. The summed E-state index contributed by atoms with van der Waals surface area (Å²) in [6.45, 7) is 7.36. The molecule has 1 aromatic carbocycles. The maximum Gasteiger partial charge on any atom is 0.250 e. The summed E-state index contributed by atoms with van der Waals surface area (Å²) in [5, 5.41) is 3.16. The molecule has 138 valence electrons. The number of rotatable bonds is 5. The first kappa shape index (κ1) is 18.8. The predicted octanol–water partition coefficient (Wildman–Crippen LogP) is 2.33. The van der Waals surface area contributed by atoms with E-state index in [4.69, 9.17) is 9.47 Å². The molecule has 1 aromatic rings. The molecule has 2 aliphatic rings. The van der Waals surface area contributed by atoms with Crippen molar-refractivity contribution in [2.24, 2.45) is 0 Å². The van der Waals surface area contributed by atoms with Gasteiger partial charge in [0.05, 0.1) is 6.61 Å². The predicted molar refractivity (Wildman–Crippen MR) is 101 cm³/mol. The molecule has 5 nitrogen and oxygen atoms in total. The van der Waals surface area contributed by atoms with Crippen LogP contribution in [0.3, 0.4) is 0 Å². The number of amides is 1. The van der Waals surface area contributed by atoms with Crippen molar-refractivity contribution in [3.63, 3.8) is 0 Å². The lowest BCUT2D eigenvalue weighted by atomic mass is 9.74. The Morgan fingerprint density at radius 3 is 2.68 bits per heavy atom. The number of hydrogen-bond acceptors (Lipinski definition) is 4. The van der Waals surface area contributed by atoms with Gasteiger partial charge in [0.2, 0.25) is 0 Å². The van der Waals surface area contributed by atoms with Crippen LogP contribution >= 0.6 is 15.9 Å². The van der Waals surface area contributed by atoms with Crippen molar-refractivity contribution in [1.29, 1.82) is 0 Å². The Morgan fingerprint density at radius 1 is 1.28 bits per heavy atom. The number of ether oxygens (including phenoxy) is 2. The fourth-order valence-corrected chi connectivity index (χ4v) is 3.92. The third-order valence-electron chi connectivity index (χ3n) is 5.40. The summed E-state index contributed by atoms with van der Waals surface area (Å²) in [4.78, 5) is 14.9. The van der Waals surface area contributed by atoms with Crippen LogP contribution in [0, 0.1) is 0 Å². The average molecular weight is 411 g/mol. The molecule has 0 aliphatic carbocycles. The molecule has 0 radical (unpaired) electrons. The quantitative estimate of drug-likeness (QED) is 0.808. The van der Waals surface area contributed by atoms with Gasteiger partial charge in [0.15, 0.2) is 0 Å². The van der Waals surface area contributed by atoms with Gasteiger partial charge < -0.3 is 14.8 Å². The van der Waals surface area contributed by atoms with E-state index in [1.54, 1.807) is 0 Å². The highest BCUT2D eigenvalue weighted by atomic mass is 79.9. The van der Waals surface area contributed by atoms with E-state index in [2.05, 4.69) is 57.3 Å². The number of halogens is 1. The van der Waals surface area contributed by atoms with Crippen LogP contribution in [0.1, 0.15) is 25.3 Å². The summed E-state index contributed by atoms with van der Waals surface area (Å²) in [5.74, 6) is 0.00104. The standard InChI is InChI=1S/C19H27BrN2O3/c1-2-22-9-12-25-17(13-22)18(23)21-14-19(7-10-24-11-8-19)15-3-5-16(20)6-4-15/h3-6,17H,2,7-14H2,1H3,(H,21,23). The summed E-state index contributed by atoms with van der Waals surface area (Å²) in [7, 11) is 0. The smallest absolute Gasteiger partial charge is 0.250 e. The highest BCUT2D eigenvalue weighted by Gasteiger charge is 2.36. The number of carbonyl (C=O) groups excluding carboxylic acids is 1. The van der Waals surface area contributed by atoms with Crippen LogP contribution in [0.15, 0.2) is 28.7 Å². The molecule has 2 fully saturated rings. The van der Waals surface area contributed by atoms with E-state index >= 15 is 0 Å². The van der Waals surface area contributed by atoms with Gasteiger partial charge in [0, 0.05) is 42.7 Å². The van der Waals surface area contributed by atoms with Crippen LogP contribution in [-0.2, 0) is 19.7 Å².